The first-order valence-electron chi connectivity index (χ1n) is 12.0. The Hall–Kier alpha value is -2.94. The molecule has 34 heavy (non-hydrogen) atoms. The van der Waals surface area contributed by atoms with Crippen LogP contribution in [0.1, 0.15) is 57.9 Å². The van der Waals surface area contributed by atoms with E-state index in [0.717, 1.165) is 18.4 Å². The van der Waals surface area contributed by atoms with Gasteiger partial charge in [-0.2, -0.15) is 0 Å². The van der Waals surface area contributed by atoms with Crippen molar-refractivity contribution >= 4 is 23.5 Å². The Morgan fingerprint density at radius 3 is 2.74 bits per heavy atom. The summed E-state index contributed by atoms with van der Waals surface area (Å²) < 4.78 is 5.63. The molecule has 0 spiro atoms. The predicted octanol–water partition coefficient (Wildman–Crippen LogP) is 1.36. The summed E-state index contributed by atoms with van der Waals surface area (Å²) in [6, 6.07) is 6.04. The summed E-state index contributed by atoms with van der Waals surface area (Å²) in [5.41, 5.74) is 0.759. The van der Waals surface area contributed by atoms with Gasteiger partial charge >= 0.3 is 0 Å². The number of likely N-dealkylation sites (tertiary alicyclic amines) is 1. The normalized spacial score (nSPS) is 16.1. The molecule has 1 aromatic carbocycles. The zero-order chi connectivity index (χ0) is 24.9. The number of ketones is 1. The lowest BCUT2D eigenvalue weighted by atomic mass is 10.1. The summed E-state index contributed by atoms with van der Waals surface area (Å²) in [5, 5.41) is 14.2. The molecule has 3 N–H and O–H groups in total. The minimum absolute atomic E-state index is 0.0991. The number of carbonyl (C=O) groups excluding carboxylic acids is 4. The van der Waals surface area contributed by atoms with E-state index >= 15 is 0 Å². The van der Waals surface area contributed by atoms with Crippen molar-refractivity contribution in [3.05, 3.63) is 29.8 Å². The highest BCUT2D eigenvalue weighted by Gasteiger charge is 2.35. The van der Waals surface area contributed by atoms with Gasteiger partial charge in [-0.15, -0.1) is 0 Å². The van der Waals surface area contributed by atoms with Crippen LogP contribution in [-0.2, 0) is 25.6 Å². The number of benzene rings is 1. The zero-order valence-corrected chi connectivity index (χ0v) is 20.2. The quantitative estimate of drug-likeness (QED) is 0.349. The lowest BCUT2D eigenvalue weighted by Crippen LogP contribution is -2.52. The first kappa shape index (κ1) is 27.3. The van der Waals surface area contributed by atoms with Gasteiger partial charge in [-0.05, 0) is 56.7 Å². The molecule has 0 radical (unpaired) electrons. The van der Waals surface area contributed by atoms with E-state index in [1.165, 1.54) is 11.8 Å². The number of rotatable bonds is 14. The molecule has 9 heteroatoms. The highest BCUT2D eigenvalue weighted by molar-refractivity contribution is 5.93. The molecule has 2 atom stereocenters. The third-order valence-electron chi connectivity index (χ3n) is 5.78. The molecule has 0 aliphatic carbocycles. The van der Waals surface area contributed by atoms with Crippen LogP contribution in [0.15, 0.2) is 24.3 Å². The molecule has 0 bridgehead atoms. The third-order valence-corrected chi connectivity index (χ3v) is 5.78. The van der Waals surface area contributed by atoms with E-state index in [4.69, 9.17) is 9.84 Å². The van der Waals surface area contributed by atoms with Crippen LogP contribution in [0.25, 0.3) is 0 Å². The van der Waals surface area contributed by atoms with Crippen molar-refractivity contribution in [3.63, 3.8) is 0 Å². The van der Waals surface area contributed by atoms with Crippen LogP contribution in [-0.4, -0.2) is 71.9 Å². The second kappa shape index (κ2) is 14.3. The standard InChI is InChI=1S/C25H37N3O6/c1-3-8-21(18(2)30)27-25(33)22-11-7-12-28(22)24(32)17-26-23(31)16-19-9-6-10-20(15-19)34-14-5-4-13-29/h6,9-10,15,21-22,29H,3-5,7-8,11-14,16-17H2,1-2H3,(H,26,31)(H,27,33). The van der Waals surface area contributed by atoms with Crippen molar-refractivity contribution in [1.82, 2.24) is 15.5 Å². The zero-order valence-electron chi connectivity index (χ0n) is 20.2. The van der Waals surface area contributed by atoms with Crippen LogP contribution in [0.4, 0.5) is 0 Å². The van der Waals surface area contributed by atoms with Gasteiger partial charge in [0, 0.05) is 13.2 Å². The Labute approximate surface area is 201 Å². The molecule has 188 valence electrons. The highest BCUT2D eigenvalue weighted by atomic mass is 16.5. The number of unbranched alkanes of at least 4 members (excludes halogenated alkanes) is 1. The molecule has 0 aromatic heterocycles. The highest BCUT2D eigenvalue weighted by Crippen LogP contribution is 2.18. The number of Topliss-reactive ketones (excluding diaryl/α,β-unsaturated/α-hetero) is 1. The van der Waals surface area contributed by atoms with Crippen LogP contribution < -0.4 is 15.4 Å². The van der Waals surface area contributed by atoms with E-state index < -0.39 is 12.1 Å². The summed E-state index contributed by atoms with van der Waals surface area (Å²) in [7, 11) is 0. The number of hydrogen-bond acceptors (Lipinski definition) is 6. The van der Waals surface area contributed by atoms with Gasteiger partial charge in [0.05, 0.1) is 25.6 Å². The number of hydrogen-bond donors (Lipinski definition) is 3. The van der Waals surface area contributed by atoms with Crippen molar-refractivity contribution in [2.45, 2.75) is 70.9 Å². The molecule has 1 fully saturated rings. The number of aliphatic hydroxyl groups is 1. The smallest absolute Gasteiger partial charge is 0.243 e. The van der Waals surface area contributed by atoms with Crippen LogP contribution in [0.5, 0.6) is 5.75 Å². The monoisotopic (exact) mass is 475 g/mol. The lowest BCUT2D eigenvalue weighted by Gasteiger charge is -2.26. The first-order chi connectivity index (χ1) is 16.3. The van der Waals surface area contributed by atoms with E-state index in [9.17, 15) is 19.2 Å². The van der Waals surface area contributed by atoms with Crippen molar-refractivity contribution in [3.8, 4) is 5.75 Å². The van der Waals surface area contributed by atoms with Crippen molar-refractivity contribution < 1.29 is 29.0 Å². The maximum absolute atomic E-state index is 12.7. The van der Waals surface area contributed by atoms with Gasteiger partial charge in [0.25, 0.3) is 0 Å². The minimum Gasteiger partial charge on any atom is -0.494 e. The molecule has 1 aromatic rings. The Kier molecular flexibility index (Phi) is 11.5. The Balaban J connectivity index is 1.83. The average molecular weight is 476 g/mol. The molecule has 1 aliphatic heterocycles. The molecule has 1 aliphatic rings. The van der Waals surface area contributed by atoms with Gasteiger partial charge in [0.15, 0.2) is 5.78 Å². The van der Waals surface area contributed by atoms with Crippen LogP contribution >= 0.6 is 0 Å². The van der Waals surface area contributed by atoms with Crippen molar-refractivity contribution in [2.24, 2.45) is 0 Å². The number of aliphatic hydroxyl groups excluding tert-OH is 1. The molecule has 1 heterocycles. The summed E-state index contributed by atoms with van der Waals surface area (Å²) in [6.07, 6.45) is 4.07. The van der Waals surface area contributed by atoms with E-state index in [2.05, 4.69) is 10.6 Å². The Morgan fingerprint density at radius 2 is 2.03 bits per heavy atom. The molecular formula is C25H37N3O6. The predicted molar refractivity (Wildman–Crippen MR) is 127 cm³/mol. The molecule has 2 unspecified atom stereocenters. The Bertz CT molecular complexity index is 844. The van der Waals surface area contributed by atoms with Gasteiger partial charge in [-0.3, -0.25) is 19.2 Å². The van der Waals surface area contributed by atoms with E-state index in [1.807, 2.05) is 13.0 Å². The van der Waals surface area contributed by atoms with Crippen LogP contribution in [0.2, 0.25) is 0 Å². The number of amides is 3. The molecule has 0 saturated carbocycles. The summed E-state index contributed by atoms with van der Waals surface area (Å²) in [6.45, 7) is 4.27. The molecule has 1 saturated heterocycles. The fourth-order valence-electron chi connectivity index (χ4n) is 3.94. The van der Waals surface area contributed by atoms with Crippen molar-refractivity contribution in [2.75, 3.05) is 26.3 Å². The van der Waals surface area contributed by atoms with Crippen LogP contribution in [0, 0.1) is 0 Å². The number of nitrogens with one attached hydrogen (secondary N) is 2. The second-order valence-corrected chi connectivity index (χ2v) is 8.59. The molecule has 2 rings (SSSR count). The molecule has 9 nitrogen and oxygen atoms in total. The molecule has 3 amide bonds. The average Bonchev–Trinajstić information content (AvgIpc) is 3.30. The van der Waals surface area contributed by atoms with Gasteiger partial charge in [0.2, 0.25) is 17.7 Å². The number of nitrogens with zero attached hydrogens (tertiary/aromatic N) is 1. The fourth-order valence-corrected chi connectivity index (χ4v) is 3.94. The third kappa shape index (κ3) is 8.78. The topological polar surface area (TPSA) is 125 Å². The summed E-state index contributed by atoms with van der Waals surface area (Å²) in [5.74, 6) is -0.385. The maximum Gasteiger partial charge on any atom is 0.243 e. The second-order valence-electron chi connectivity index (χ2n) is 8.59. The summed E-state index contributed by atoms with van der Waals surface area (Å²) >= 11 is 0. The maximum atomic E-state index is 12.7. The van der Waals surface area contributed by atoms with E-state index in [-0.39, 0.29) is 43.1 Å². The summed E-state index contributed by atoms with van der Waals surface area (Å²) in [4.78, 5) is 51.1. The van der Waals surface area contributed by atoms with Crippen molar-refractivity contribution in [1.29, 1.82) is 0 Å². The lowest BCUT2D eigenvalue weighted by molar-refractivity contribution is -0.139. The van der Waals surface area contributed by atoms with Gasteiger partial charge in [-0.1, -0.05) is 25.5 Å². The first-order valence-corrected chi connectivity index (χ1v) is 12.0. The number of carbonyl (C=O) groups is 4. The van der Waals surface area contributed by atoms with Gasteiger partial charge in [-0.25, -0.2) is 0 Å². The largest absolute Gasteiger partial charge is 0.494 e. The molecular weight excluding hydrogens is 438 g/mol. The minimum atomic E-state index is -0.622. The van der Waals surface area contributed by atoms with Gasteiger partial charge < -0.3 is 25.4 Å². The Morgan fingerprint density at radius 1 is 1.24 bits per heavy atom. The van der Waals surface area contributed by atoms with E-state index in [0.29, 0.717) is 44.6 Å². The van der Waals surface area contributed by atoms with Crippen LogP contribution in [0.3, 0.4) is 0 Å². The SMILES string of the molecule is CCCC(NC(=O)C1CCCN1C(=O)CNC(=O)Cc1cccc(OCCCCO)c1)C(C)=O. The number of ether oxygens (including phenoxy) is 1. The van der Waals surface area contributed by atoms with E-state index in [1.54, 1.807) is 18.2 Å². The fraction of sp³-hybridized carbons (Fsp3) is 0.600. The van der Waals surface area contributed by atoms with Gasteiger partial charge in [0.1, 0.15) is 11.8 Å².